The molecule has 0 amide bonds. The lowest BCUT2D eigenvalue weighted by atomic mass is 10.3. The molecule has 1 aromatic carbocycles. The Kier molecular flexibility index (Phi) is 9.65. The van der Waals surface area contributed by atoms with Crippen molar-refractivity contribution in [2.75, 3.05) is 46.4 Å². The van der Waals surface area contributed by atoms with E-state index in [0.717, 1.165) is 11.7 Å². The Morgan fingerprint density at radius 2 is 1.93 bits per heavy atom. The second-order valence-electron chi connectivity index (χ2n) is 6.41. The van der Waals surface area contributed by atoms with Crippen LogP contribution in [-0.4, -0.2) is 75.1 Å². The van der Waals surface area contributed by atoms with E-state index in [0.29, 0.717) is 50.0 Å². The second-order valence-corrected chi connectivity index (χ2v) is 8.81. The predicted octanol–water partition coefficient (Wildman–Crippen LogP) is 2.05. The van der Waals surface area contributed by atoms with Gasteiger partial charge in [0.15, 0.2) is 5.96 Å². The molecule has 0 radical (unpaired) electrons. The molecule has 1 fully saturated rings. The Hall–Kier alpha value is -1.57. The molecule has 0 aliphatic carbocycles. The number of guanidine groups is 1. The first-order chi connectivity index (χ1) is 14.0. The third-order valence-electron chi connectivity index (χ3n) is 4.43. The van der Waals surface area contributed by atoms with Crippen molar-refractivity contribution in [1.82, 2.24) is 19.7 Å². The summed E-state index contributed by atoms with van der Waals surface area (Å²) >= 11 is 5.86. The molecule has 1 aliphatic heterocycles. The number of halogens is 2. The quantitative estimate of drug-likeness (QED) is 0.236. The van der Waals surface area contributed by atoms with Gasteiger partial charge < -0.3 is 19.5 Å². The zero-order valence-corrected chi connectivity index (χ0v) is 20.4. The van der Waals surface area contributed by atoms with E-state index in [9.17, 15) is 8.42 Å². The Bertz CT molecular complexity index is 901. The van der Waals surface area contributed by atoms with E-state index in [1.165, 1.54) is 10.6 Å². The van der Waals surface area contributed by atoms with Crippen LogP contribution in [0.1, 0.15) is 5.69 Å². The van der Waals surface area contributed by atoms with Crippen molar-refractivity contribution in [3.05, 3.63) is 47.3 Å². The maximum atomic E-state index is 12.5. The van der Waals surface area contributed by atoms with Crippen LogP contribution in [0.4, 0.5) is 0 Å². The maximum Gasteiger partial charge on any atom is 0.220 e. The van der Waals surface area contributed by atoms with Crippen LogP contribution in [0.2, 0.25) is 5.02 Å². The van der Waals surface area contributed by atoms with Crippen molar-refractivity contribution in [2.45, 2.75) is 5.75 Å². The first kappa shape index (κ1) is 24.7. The SMILES string of the molecule is CN=C(NCCOc1ccc(Cl)cc1)N1CCN(S(=O)(=O)Cc2ccon2)CC1.I. The molecule has 2 heterocycles. The van der Waals surface area contributed by atoms with Crippen molar-refractivity contribution in [2.24, 2.45) is 4.99 Å². The lowest BCUT2D eigenvalue weighted by Crippen LogP contribution is -2.54. The van der Waals surface area contributed by atoms with Crippen LogP contribution >= 0.6 is 35.6 Å². The lowest BCUT2D eigenvalue weighted by Gasteiger charge is -2.35. The summed E-state index contributed by atoms with van der Waals surface area (Å²) in [4.78, 5) is 6.32. The van der Waals surface area contributed by atoms with Gasteiger partial charge in [-0.25, -0.2) is 8.42 Å². The van der Waals surface area contributed by atoms with E-state index in [1.807, 2.05) is 17.0 Å². The van der Waals surface area contributed by atoms with Crippen LogP contribution in [0, 0.1) is 0 Å². The predicted molar refractivity (Wildman–Crippen MR) is 126 cm³/mol. The minimum Gasteiger partial charge on any atom is -0.492 e. The normalized spacial score (nSPS) is 15.5. The molecule has 1 aromatic heterocycles. The molecule has 0 atom stereocenters. The molecule has 1 aliphatic rings. The fourth-order valence-corrected chi connectivity index (χ4v) is 4.51. The summed E-state index contributed by atoms with van der Waals surface area (Å²) in [7, 11) is -1.72. The molecule has 0 bridgehead atoms. The van der Waals surface area contributed by atoms with Crippen molar-refractivity contribution in [1.29, 1.82) is 0 Å². The van der Waals surface area contributed by atoms with Crippen LogP contribution in [0.3, 0.4) is 0 Å². The molecule has 12 heteroatoms. The summed E-state index contributed by atoms with van der Waals surface area (Å²) < 4.78 is 36.9. The third kappa shape index (κ3) is 7.00. The molecular weight excluding hydrogens is 545 g/mol. The smallest absolute Gasteiger partial charge is 0.220 e. The molecule has 0 spiro atoms. The number of hydrogen-bond acceptors (Lipinski definition) is 6. The highest BCUT2D eigenvalue weighted by Crippen LogP contribution is 2.15. The monoisotopic (exact) mass is 569 g/mol. The molecule has 1 saturated heterocycles. The van der Waals surface area contributed by atoms with Crippen molar-refractivity contribution >= 4 is 51.6 Å². The largest absolute Gasteiger partial charge is 0.492 e. The van der Waals surface area contributed by atoms with E-state index in [-0.39, 0.29) is 29.7 Å². The Morgan fingerprint density at radius 3 is 2.53 bits per heavy atom. The summed E-state index contributed by atoms with van der Waals surface area (Å²) in [5, 5.41) is 7.59. The average Bonchev–Trinajstić information content (AvgIpc) is 3.22. The van der Waals surface area contributed by atoms with E-state index >= 15 is 0 Å². The number of ether oxygens (including phenoxy) is 1. The third-order valence-corrected chi connectivity index (χ3v) is 6.50. The zero-order chi connectivity index (χ0) is 20.7. The fourth-order valence-electron chi connectivity index (χ4n) is 2.96. The van der Waals surface area contributed by atoms with Crippen LogP contribution in [0.25, 0.3) is 0 Å². The maximum absolute atomic E-state index is 12.5. The summed E-state index contributed by atoms with van der Waals surface area (Å²) in [6.45, 7) is 2.92. The Labute approximate surface area is 198 Å². The lowest BCUT2D eigenvalue weighted by molar-refractivity contribution is 0.257. The summed E-state index contributed by atoms with van der Waals surface area (Å²) in [6, 6.07) is 8.75. The standard InChI is InChI=1S/C18H24ClN5O4S.HI/c1-20-18(21-7-13-27-17-4-2-15(19)3-5-17)23-8-10-24(11-9-23)29(25,26)14-16-6-12-28-22-16;/h2-6,12H,7-11,13-14H2,1H3,(H,20,21);1H. The molecule has 0 unspecified atom stereocenters. The van der Waals surface area contributed by atoms with E-state index in [1.54, 1.807) is 25.2 Å². The van der Waals surface area contributed by atoms with Gasteiger partial charge in [-0.1, -0.05) is 16.8 Å². The number of piperazine rings is 1. The Morgan fingerprint density at radius 1 is 1.23 bits per heavy atom. The number of aliphatic imine (C=N–C) groups is 1. The number of nitrogens with zero attached hydrogens (tertiary/aromatic N) is 4. The first-order valence-electron chi connectivity index (χ1n) is 9.19. The number of sulfonamides is 1. The zero-order valence-electron chi connectivity index (χ0n) is 16.5. The van der Waals surface area contributed by atoms with Gasteiger partial charge in [-0.05, 0) is 24.3 Å². The van der Waals surface area contributed by atoms with Crippen LogP contribution in [-0.2, 0) is 15.8 Å². The first-order valence-corrected chi connectivity index (χ1v) is 11.2. The van der Waals surface area contributed by atoms with Crippen LogP contribution in [0.5, 0.6) is 5.75 Å². The molecule has 3 rings (SSSR count). The minimum absolute atomic E-state index is 0. The fraction of sp³-hybridized carbons (Fsp3) is 0.444. The summed E-state index contributed by atoms with van der Waals surface area (Å²) in [5.41, 5.74) is 0.408. The molecule has 166 valence electrons. The molecule has 30 heavy (non-hydrogen) atoms. The van der Waals surface area contributed by atoms with Crippen LogP contribution in [0.15, 0.2) is 46.1 Å². The van der Waals surface area contributed by atoms with E-state index in [2.05, 4.69) is 15.5 Å². The van der Waals surface area contributed by atoms with Gasteiger partial charge in [-0.15, -0.1) is 24.0 Å². The Balaban J connectivity index is 0.00000320. The van der Waals surface area contributed by atoms with Crippen molar-refractivity contribution in [3.8, 4) is 5.75 Å². The second kappa shape index (κ2) is 11.7. The van der Waals surface area contributed by atoms with Gasteiger partial charge in [-0.2, -0.15) is 4.31 Å². The molecule has 2 aromatic rings. The average molecular weight is 570 g/mol. The van der Waals surface area contributed by atoms with Gasteiger partial charge >= 0.3 is 0 Å². The van der Waals surface area contributed by atoms with Gasteiger partial charge in [0.2, 0.25) is 10.0 Å². The molecule has 1 N–H and O–H groups in total. The van der Waals surface area contributed by atoms with Gasteiger partial charge in [0.05, 0.1) is 12.2 Å². The van der Waals surface area contributed by atoms with Crippen molar-refractivity contribution in [3.63, 3.8) is 0 Å². The number of nitrogens with one attached hydrogen (secondary N) is 1. The molecule has 0 saturated carbocycles. The molecular formula is C18H25ClIN5O4S. The number of rotatable bonds is 7. The highest BCUT2D eigenvalue weighted by molar-refractivity contribution is 14.0. The summed E-state index contributed by atoms with van der Waals surface area (Å²) in [5.74, 6) is 1.31. The van der Waals surface area contributed by atoms with Gasteiger partial charge in [0.25, 0.3) is 0 Å². The van der Waals surface area contributed by atoms with Crippen molar-refractivity contribution < 1.29 is 17.7 Å². The van der Waals surface area contributed by atoms with E-state index in [4.69, 9.17) is 20.9 Å². The van der Waals surface area contributed by atoms with E-state index < -0.39 is 10.0 Å². The number of benzene rings is 1. The minimum atomic E-state index is -3.42. The van der Waals surface area contributed by atoms with Gasteiger partial charge in [0, 0.05) is 44.3 Å². The summed E-state index contributed by atoms with van der Waals surface area (Å²) in [6.07, 6.45) is 1.37. The van der Waals surface area contributed by atoms with Gasteiger partial charge in [0.1, 0.15) is 24.4 Å². The highest BCUT2D eigenvalue weighted by Gasteiger charge is 2.28. The number of hydrogen-bond donors (Lipinski definition) is 1. The highest BCUT2D eigenvalue weighted by atomic mass is 127. The number of aromatic nitrogens is 1. The topological polar surface area (TPSA) is 100 Å². The van der Waals surface area contributed by atoms with Crippen LogP contribution < -0.4 is 10.1 Å². The molecule has 9 nitrogen and oxygen atoms in total. The van der Waals surface area contributed by atoms with Gasteiger partial charge in [-0.3, -0.25) is 4.99 Å².